The second-order valence-corrected chi connectivity index (χ2v) is 6.95. The van der Waals surface area contributed by atoms with Crippen LogP contribution in [-0.2, 0) is 12.8 Å². The van der Waals surface area contributed by atoms with Crippen molar-refractivity contribution in [3.8, 4) is 0 Å². The molecule has 2 nitrogen and oxygen atoms in total. The van der Waals surface area contributed by atoms with E-state index >= 15 is 0 Å². The first kappa shape index (κ1) is 16.4. The van der Waals surface area contributed by atoms with Crippen LogP contribution in [0.25, 0.3) is 0 Å². The molecule has 0 aliphatic heterocycles. The molecule has 4 heteroatoms. The Balaban J connectivity index is 2.28. The summed E-state index contributed by atoms with van der Waals surface area (Å²) in [6.45, 7) is 4.17. The highest BCUT2D eigenvalue weighted by atomic mass is 35.5. The lowest BCUT2D eigenvalue weighted by molar-refractivity contribution is 0.699. The van der Waals surface area contributed by atoms with Crippen LogP contribution in [0.1, 0.15) is 31.4 Å². The molecule has 1 aliphatic rings. The Morgan fingerprint density at radius 2 is 1.90 bits per heavy atom. The maximum atomic E-state index is 6.34. The summed E-state index contributed by atoms with van der Waals surface area (Å²) in [6, 6.07) is 5.82. The van der Waals surface area contributed by atoms with Crippen molar-refractivity contribution in [1.82, 2.24) is 0 Å². The van der Waals surface area contributed by atoms with E-state index in [0.717, 1.165) is 36.1 Å². The van der Waals surface area contributed by atoms with Gasteiger partial charge in [0.1, 0.15) is 0 Å². The smallest absolute Gasteiger partial charge is 0.155 e. The van der Waals surface area contributed by atoms with E-state index in [1.165, 1.54) is 11.1 Å². The average Bonchev–Trinajstić information content (AvgIpc) is 2.44. The van der Waals surface area contributed by atoms with Crippen LogP contribution in [0.3, 0.4) is 0 Å². The summed E-state index contributed by atoms with van der Waals surface area (Å²) in [4.78, 5) is 0. The first-order valence-corrected chi connectivity index (χ1v) is 8.05. The second-order valence-electron chi connectivity index (χ2n) is 5.51. The van der Waals surface area contributed by atoms with Crippen molar-refractivity contribution >= 4 is 28.9 Å². The third-order valence-electron chi connectivity index (χ3n) is 3.97. The van der Waals surface area contributed by atoms with E-state index < -0.39 is 4.33 Å². The first-order chi connectivity index (χ1) is 9.87. The predicted molar refractivity (Wildman–Crippen MR) is 92.8 cm³/mol. The number of rotatable bonds is 4. The van der Waals surface area contributed by atoms with Gasteiger partial charge >= 0.3 is 0 Å². The summed E-state index contributed by atoms with van der Waals surface area (Å²) in [7, 11) is 0. The molecule has 1 aromatic carbocycles. The molecule has 0 saturated heterocycles. The number of hydrogen-bond donors (Lipinski definition) is 2. The van der Waals surface area contributed by atoms with Crippen LogP contribution in [0.2, 0.25) is 0 Å². The molecule has 2 rings (SSSR count). The quantitative estimate of drug-likeness (QED) is 0.645. The molecule has 0 heterocycles. The zero-order valence-electron chi connectivity index (χ0n) is 12.5. The normalized spacial score (nSPS) is 20.9. The van der Waals surface area contributed by atoms with E-state index in [1.54, 1.807) is 0 Å². The molecule has 0 bridgehead atoms. The number of aryl methyl sites for hydroxylation is 1. The predicted octanol–water partition coefficient (Wildman–Crippen LogP) is 4.15. The fourth-order valence-electron chi connectivity index (χ4n) is 2.69. The van der Waals surface area contributed by atoms with Crippen molar-refractivity contribution in [3.05, 3.63) is 52.6 Å². The Bertz CT molecular complexity index is 588. The van der Waals surface area contributed by atoms with Crippen LogP contribution in [0.4, 0.5) is 5.69 Å². The largest absolute Gasteiger partial charge is 0.399 e. The van der Waals surface area contributed by atoms with Crippen LogP contribution in [-0.4, -0.2) is 10.4 Å². The molecular formula is C17H22Cl2N2. The zero-order valence-corrected chi connectivity index (χ0v) is 14.0. The molecule has 1 aromatic rings. The minimum atomic E-state index is -1.03. The van der Waals surface area contributed by atoms with Crippen LogP contribution >= 0.6 is 23.2 Å². The third-order valence-corrected chi connectivity index (χ3v) is 4.66. The van der Waals surface area contributed by atoms with Crippen molar-refractivity contribution < 1.29 is 0 Å². The minimum absolute atomic E-state index is 0.341. The summed E-state index contributed by atoms with van der Waals surface area (Å²) in [5, 5.41) is 0. The topological polar surface area (TPSA) is 52.0 Å². The Morgan fingerprint density at radius 3 is 2.52 bits per heavy atom. The van der Waals surface area contributed by atoms with E-state index in [1.807, 2.05) is 18.2 Å². The maximum absolute atomic E-state index is 6.34. The standard InChI is InChI=1S/C17H22Cl2N2/c1-3-13-8-11(5-6-15(13)20)7-12-9-14(4-2)16(21)17(18,19)10-12/h5-6,8-10,16H,3-4,7,20-21H2,1-2H3. The molecule has 4 N–H and O–H groups in total. The van der Waals surface area contributed by atoms with Gasteiger partial charge in [0.15, 0.2) is 4.33 Å². The van der Waals surface area contributed by atoms with Gasteiger partial charge in [-0.25, -0.2) is 0 Å². The number of nitrogen functional groups attached to an aromatic ring is 1. The first-order valence-electron chi connectivity index (χ1n) is 7.30. The molecule has 0 saturated carbocycles. The van der Waals surface area contributed by atoms with Gasteiger partial charge in [0, 0.05) is 5.69 Å². The van der Waals surface area contributed by atoms with Gasteiger partial charge < -0.3 is 11.5 Å². The number of nitrogens with two attached hydrogens (primary N) is 2. The number of allylic oxidation sites excluding steroid dienone is 2. The molecule has 1 aliphatic carbocycles. The van der Waals surface area contributed by atoms with Gasteiger partial charge in [-0.2, -0.15) is 0 Å². The SMILES string of the molecule is CCC1=CC(Cc2ccc(N)c(CC)c2)=CC(Cl)(Cl)C1N. The molecule has 0 amide bonds. The Kier molecular flexibility index (Phi) is 5.03. The lowest BCUT2D eigenvalue weighted by Gasteiger charge is -2.30. The van der Waals surface area contributed by atoms with Crippen LogP contribution in [0.15, 0.2) is 41.5 Å². The average molecular weight is 325 g/mol. The van der Waals surface area contributed by atoms with E-state index in [0.29, 0.717) is 0 Å². The molecule has 0 aromatic heterocycles. The molecule has 1 unspecified atom stereocenters. The van der Waals surface area contributed by atoms with Crippen molar-refractivity contribution in [2.24, 2.45) is 5.73 Å². The number of alkyl halides is 2. The summed E-state index contributed by atoms with van der Waals surface area (Å²) >= 11 is 12.7. The van der Waals surface area contributed by atoms with E-state index in [9.17, 15) is 0 Å². The molecule has 0 spiro atoms. The van der Waals surface area contributed by atoms with Gasteiger partial charge in [0.2, 0.25) is 0 Å². The van der Waals surface area contributed by atoms with Gasteiger partial charge in [0.25, 0.3) is 0 Å². The number of hydrogen-bond acceptors (Lipinski definition) is 2. The second kappa shape index (κ2) is 6.43. The van der Waals surface area contributed by atoms with Gasteiger partial charge in [-0.05, 0) is 48.1 Å². The van der Waals surface area contributed by atoms with Crippen molar-refractivity contribution in [3.63, 3.8) is 0 Å². The number of benzene rings is 1. The molecular weight excluding hydrogens is 303 g/mol. The lowest BCUT2D eigenvalue weighted by atomic mass is 9.89. The fourth-order valence-corrected chi connectivity index (χ4v) is 3.25. The number of halogens is 2. The van der Waals surface area contributed by atoms with Crippen LogP contribution < -0.4 is 11.5 Å². The van der Waals surface area contributed by atoms with Crippen molar-refractivity contribution in [2.75, 3.05) is 5.73 Å². The van der Waals surface area contributed by atoms with Gasteiger partial charge in [-0.3, -0.25) is 0 Å². The lowest BCUT2D eigenvalue weighted by Crippen LogP contribution is -2.41. The number of anilines is 1. The Labute approximate surface area is 136 Å². The highest BCUT2D eigenvalue weighted by Crippen LogP contribution is 2.37. The molecule has 114 valence electrons. The molecule has 0 fully saturated rings. The van der Waals surface area contributed by atoms with Crippen LogP contribution in [0, 0.1) is 0 Å². The summed E-state index contributed by atoms with van der Waals surface area (Å²) in [5.74, 6) is 0. The maximum Gasteiger partial charge on any atom is 0.155 e. The van der Waals surface area contributed by atoms with Gasteiger partial charge in [-0.1, -0.05) is 60.8 Å². The minimum Gasteiger partial charge on any atom is -0.399 e. The zero-order chi connectivity index (χ0) is 15.6. The molecule has 21 heavy (non-hydrogen) atoms. The van der Waals surface area contributed by atoms with E-state index in [2.05, 4.69) is 26.0 Å². The summed E-state index contributed by atoms with van der Waals surface area (Å²) < 4.78 is -1.03. The Morgan fingerprint density at radius 1 is 1.19 bits per heavy atom. The highest BCUT2D eigenvalue weighted by Gasteiger charge is 2.34. The summed E-state index contributed by atoms with van der Waals surface area (Å²) in [5.41, 5.74) is 17.5. The van der Waals surface area contributed by atoms with Gasteiger partial charge in [-0.15, -0.1) is 0 Å². The van der Waals surface area contributed by atoms with Crippen LogP contribution in [0.5, 0.6) is 0 Å². The molecule has 1 atom stereocenters. The van der Waals surface area contributed by atoms with E-state index in [-0.39, 0.29) is 6.04 Å². The summed E-state index contributed by atoms with van der Waals surface area (Å²) in [6.07, 6.45) is 6.54. The fraction of sp³-hybridized carbons (Fsp3) is 0.412. The monoisotopic (exact) mass is 324 g/mol. The van der Waals surface area contributed by atoms with Gasteiger partial charge in [0.05, 0.1) is 6.04 Å². The molecule has 0 radical (unpaired) electrons. The highest BCUT2D eigenvalue weighted by molar-refractivity contribution is 6.50. The Hall–Kier alpha value is -0.960. The van der Waals surface area contributed by atoms with Crippen molar-refractivity contribution in [1.29, 1.82) is 0 Å². The van der Waals surface area contributed by atoms with E-state index in [4.69, 9.17) is 34.7 Å². The van der Waals surface area contributed by atoms with Crippen molar-refractivity contribution in [2.45, 2.75) is 43.5 Å². The third kappa shape index (κ3) is 3.63.